The van der Waals surface area contributed by atoms with Crippen LogP contribution in [0.15, 0.2) is 0 Å². The van der Waals surface area contributed by atoms with Crippen molar-refractivity contribution in [3.05, 3.63) is 0 Å². The van der Waals surface area contributed by atoms with Gasteiger partial charge in [0.15, 0.2) is 0 Å². The van der Waals surface area contributed by atoms with E-state index in [0.717, 1.165) is 6.42 Å². The summed E-state index contributed by atoms with van der Waals surface area (Å²) in [6.07, 6.45) is 3.45. The summed E-state index contributed by atoms with van der Waals surface area (Å²) in [5, 5.41) is 8.74. The van der Waals surface area contributed by atoms with E-state index in [-0.39, 0.29) is 12.6 Å². The Kier molecular flexibility index (Phi) is 3.30. The molecule has 0 aromatic rings. The second kappa shape index (κ2) is 4.04. The Morgan fingerprint density at radius 2 is 2.45 bits per heavy atom. The van der Waals surface area contributed by atoms with Gasteiger partial charge in [-0.25, -0.2) is 0 Å². The second-order valence-electron chi connectivity index (χ2n) is 3.46. The van der Waals surface area contributed by atoms with Gasteiger partial charge in [-0.15, -0.1) is 0 Å². The topological polar surface area (TPSA) is 49.5 Å². The first-order valence-corrected chi connectivity index (χ1v) is 4.30. The van der Waals surface area contributed by atoms with Crippen LogP contribution < -0.4 is 5.73 Å². The fourth-order valence-electron chi connectivity index (χ4n) is 1.70. The van der Waals surface area contributed by atoms with Gasteiger partial charge in [0.25, 0.3) is 0 Å². The van der Waals surface area contributed by atoms with Crippen LogP contribution in [0.1, 0.15) is 19.3 Å². The summed E-state index contributed by atoms with van der Waals surface area (Å²) in [5.74, 6) is 0. The third-order valence-corrected chi connectivity index (χ3v) is 2.48. The van der Waals surface area contributed by atoms with Crippen molar-refractivity contribution in [2.75, 3.05) is 20.2 Å². The van der Waals surface area contributed by atoms with Gasteiger partial charge in [0.05, 0.1) is 6.61 Å². The molecule has 1 aliphatic heterocycles. The zero-order valence-corrected chi connectivity index (χ0v) is 7.16. The summed E-state index contributed by atoms with van der Waals surface area (Å²) < 4.78 is 0. The SMILES string of the molecule is CN1CCCC1C[C@H](N)CO. The van der Waals surface area contributed by atoms with Crippen LogP contribution in [0.25, 0.3) is 0 Å². The molecule has 66 valence electrons. The molecule has 2 atom stereocenters. The minimum atomic E-state index is -0.0273. The quantitative estimate of drug-likeness (QED) is 0.597. The number of likely N-dealkylation sites (tertiary alicyclic amines) is 1. The molecule has 1 rings (SSSR count). The Morgan fingerprint density at radius 1 is 1.73 bits per heavy atom. The molecule has 0 aliphatic carbocycles. The lowest BCUT2D eigenvalue weighted by Crippen LogP contribution is -2.34. The molecule has 1 heterocycles. The lowest BCUT2D eigenvalue weighted by molar-refractivity contribution is 0.220. The molecule has 0 amide bonds. The first-order valence-electron chi connectivity index (χ1n) is 4.30. The molecule has 0 bridgehead atoms. The smallest absolute Gasteiger partial charge is 0.0583 e. The van der Waals surface area contributed by atoms with Crippen LogP contribution in [-0.4, -0.2) is 42.3 Å². The lowest BCUT2D eigenvalue weighted by Gasteiger charge is -2.21. The normalized spacial score (nSPS) is 29.2. The van der Waals surface area contributed by atoms with E-state index in [0.29, 0.717) is 6.04 Å². The van der Waals surface area contributed by atoms with E-state index in [9.17, 15) is 0 Å². The van der Waals surface area contributed by atoms with Crippen molar-refractivity contribution in [2.24, 2.45) is 5.73 Å². The number of aliphatic hydroxyl groups is 1. The lowest BCUT2D eigenvalue weighted by atomic mass is 10.1. The van der Waals surface area contributed by atoms with E-state index in [4.69, 9.17) is 10.8 Å². The van der Waals surface area contributed by atoms with E-state index in [1.54, 1.807) is 0 Å². The molecule has 3 nitrogen and oxygen atoms in total. The monoisotopic (exact) mass is 158 g/mol. The molecule has 3 heteroatoms. The summed E-state index contributed by atoms with van der Waals surface area (Å²) in [6.45, 7) is 1.30. The maximum absolute atomic E-state index is 8.74. The number of nitrogens with zero attached hydrogens (tertiary/aromatic N) is 1. The Labute approximate surface area is 68.2 Å². The Bertz CT molecular complexity index is 119. The molecular formula is C8H18N2O. The average Bonchev–Trinajstić information content (AvgIpc) is 2.37. The molecule has 1 aliphatic rings. The highest BCUT2D eigenvalue weighted by atomic mass is 16.3. The van der Waals surface area contributed by atoms with Gasteiger partial charge >= 0.3 is 0 Å². The minimum absolute atomic E-state index is 0.0273. The van der Waals surface area contributed by atoms with Crippen LogP contribution in [0, 0.1) is 0 Å². The molecule has 3 N–H and O–H groups in total. The fourth-order valence-corrected chi connectivity index (χ4v) is 1.70. The Hall–Kier alpha value is -0.120. The van der Waals surface area contributed by atoms with Crippen LogP contribution in [0.4, 0.5) is 0 Å². The number of hydrogen-bond donors (Lipinski definition) is 2. The van der Waals surface area contributed by atoms with E-state index in [2.05, 4.69) is 11.9 Å². The zero-order chi connectivity index (χ0) is 8.27. The zero-order valence-electron chi connectivity index (χ0n) is 7.16. The fraction of sp³-hybridized carbons (Fsp3) is 1.00. The predicted octanol–water partition coefficient (Wildman–Crippen LogP) is -0.210. The van der Waals surface area contributed by atoms with Crippen molar-refractivity contribution in [3.63, 3.8) is 0 Å². The van der Waals surface area contributed by atoms with Gasteiger partial charge < -0.3 is 15.7 Å². The largest absolute Gasteiger partial charge is 0.395 e. The highest BCUT2D eigenvalue weighted by molar-refractivity contribution is 4.79. The van der Waals surface area contributed by atoms with E-state index in [1.165, 1.54) is 19.4 Å². The van der Waals surface area contributed by atoms with Crippen molar-refractivity contribution in [2.45, 2.75) is 31.3 Å². The molecule has 11 heavy (non-hydrogen) atoms. The highest BCUT2D eigenvalue weighted by Gasteiger charge is 2.22. The number of rotatable bonds is 3. The summed E-state index contributed by atoms with van der Waals surface area (Å²) >= 11 is 0. The molecule has 0 saturated carbocycles. The third kappa shape index (κ3) is 2.43. The van der Waals surface area contributed by atoms with Gasteiger partial charge in [0.2, 0.25) is 0 Å². The summed E-state index contributed by atoms with van der Waals surface area (Å²) in [6, 6.07) is 0.581. The van der Waals surface area contributed by atoms with E-state index < -0.39 is 0 Å². The average molecular weight is 158 g/mol. The maximum atomic E-state index is 8.74. The van der Waals surface area contributed by atoms with Crippen molar-refractivity contribution in [3.8, 4) is 0 Å². The number of aliphatic hydroxyl groups excluding tert-OH is 1. The molecule has 0 spiro atoms. The molecular weight excluding hydrogens is 140 g/mol. The van der Waals surface area contributed by atoms with Crippen molar-refractivity contribution < 1.29 is 5.11 Å². The van der Waals surface area contributed by atoms with Crippen LogP contribution in [0.3, 0.4) is 0 Å². The van der Waals surface area contributed by atoms with Gasteiger partial charge in [0, 0.05) is 12.1 Å². The Morgan fingerprint density at radius 3 is 2.91 bits per heavy atom. The van der Waals surface area contributed by atoms with Crippen LogP contribution in [0.2, 0.25) is 0 Å². The molecule has 1 fully saturated rings. The van der Waals surface area contributed by atoms with Gasteiger partial charge in [-0.1, -0.05) is 0 Å². The van der Waals surface area contributed by atoms with Gasteiger partial charge in [-0.3, -0.25) is 0 Å². The molecule has 0 aromatic heterocycles. The Balaban J connectivity index is 2.24. The first kappa shape index (κ1) is 8.97. The minimum Gasteiger partial charge on any atom is -0.395 e. The van der Waals surface area contributed by atoms with Crippen molar-refractivity contribution in [1.82, 2.24) is 4.90 Å². The van der Waals surface area contributed by atoms with Gasteiger partial charge in [0.1, 0.15) is 0 Å². The molecule has 1 saturated heterocycles. The second-order valence-corrected chi connectivity index (χ2v) is 3.46. The van der Waals surface area contributed by atoms with Crippen molar-refractivity contribution in [1.29, 1.82) is 0 Å². The number of hydrogen-bond acceptors (Lipinski definition) is 3. The van der Waals surface area contributed by atoms with Crippen LogP contribution in [0.5, 0.6) is 0 Å². The summed E-state index contributed by atoms with van der Waals surface area (Å²) in [7, 11) is 2.13. The molecule has 0 aromatic carbocycles. The standard InChI is InChI=1S/C8H18N2O/c1-10-4-2-3-8(10)5-7(9)6-11/h7-8,11H,2-6,9H2,1H3/t7-,8?/m0/s1. The third-order valence-electron chi connectivity index (χ3n) is 2.48. The molecule has 1 unspecified atom stereocenters. The van der Waals surface area contributed by atoms with Crippen LogP contribution in [-0.2, 0) is 0 Å². The van der Waals surface area contributed by atoms with Crippen LogP contribution >= 0.6 is 0 Å². The maximum Gasteiger partial charge on any atom is 0.0583 e. The molecule has 0 radical (unpaired) electrons. The predicted molar refractivity (Wildman–Crippen MR) is 45.3 cm³/mol. The van der Waals surface area contributed by atoms with E-state index >= 15 is 0 Å². The van der Waals surface area contributed by atoms with Crippen molar-refractivity contribution >= 4 is 0 Å². The van der Waals surface area contributed by atoms with E-state index in [1.807, 2.05) is 0 Å². The summed E-state index contributed by atoms with van der Waals surface area (Å²) in [5.41, 5.74) is 5.64. The first-order chi connectivity index (χ1) is 5.24. The van der Waals surface area contributed by atoms with Gasteiger partial charge in [-0.05, 0) is 32.9 Å². The summed E-state index contributed by atoms with van der Waals surface area (Å²) in [4.78, 5) is 2.33. The number of nitrogens with two attached hydrogens (primary N) is 1. The van der Waals surface area contributed by atoms with Gasteiger partial charge in [-0.2, -0.15) is 0 Å². The highest BCUT2D eigenvalue weighted by Crippen LogP contribution is 2.18.